The Bertz CT molecular complexity index is 1060. The first-order valence-electron chi connectivity index (χ1n) is 8.85. The number of ketones is 1. The SMILES string of the molecule is CC(=O)c1ccc(OCc2ccccc2)c(C)c1OC(=O)c1ccc(Cl)c(Cl)c1. The quantitative estimate of drug-likeness (QED) is 0.262. The van der Waals surface area contributed by atoms with Crippen LogP contribution in [0, 0.1) is 6.92 Å². The highest BCUT2D eigenvalue weighted by atomic mass is 35.5. The summed E-state index contributed by atoms with van der Waals surface area (Å²) in [6.07, 6.45) is 0. The van der Waals surface area contributed by atoms with Crippen LogP contribution in [0.1, 0.15) is 38.8 Å². The molecule has 0 heterocycles. The minimum Gasteiger partial charge on any atom is -0.488 e. The highest BCUT2D eigenvalue weighted by Crippen LogP contribution is 2.33. The van der Waals surface area contributed by atoms with Crippen LogP contribution < -0.4 is 9.47 Å². The van der Waals surface area contributed by atoms with Crippen molar-refractivity contribution in [3.8, 4) is 11.5 Å². The number of benzene rings is 3. The van der Waals surface area contributed by atoms with Crippen molar-refractivity contribution in [1.29, 1.82) is 0 Å². The molecule has 0 bridgehead atoms. The Kier molecular flexibility index (Phi) is 6.57. The Morgan fingerprint density at radius 2 is 1.66 bits per heavy atom. The lowest BCUT2D eigenvalue weighted by molar-refractivity contribution is 0.0731. The van der Waals surface area contributed by atoms with Crippen molar-refractivity contribution < 1.29 is 19.1 Å². The van der Waals surface area contributed by atoms with E-state index in [4.69, 9.17) is 32.7 Å². The molecule has 6 heteroatoms. The monoisotopic (exact) mass is 428 g/mol. The molecule has 3 aromatic carbocycles. The number of esters is 1. The summed E-state index contributed by atoms with van der Waals surface area (Å²) < 4.78 is 11.4. The van der Waals surface area contributed by atoms with Gasteiger partial charge in [0.25, 0.3) is 0 Å². The largest absolute Gasteiger partial charge is 0.488 e. The third-order valence-corrected chi connectivity index (χ3v) is 5.06. The second-order valence-corrected chi connectivity index (χ2v) is 7.23. The van der Waals surface area contributed by atoms with Crippen molar-refractivity contribution in [1.82, 2.24) is 0 Å². The van der Waals surface area contributed by atoms with E-state index in [2.05, 4.69) is 0 Å². The molecule has 0 saturated heterocycles. The molecule has 4 nitrogen and oxygen atoms in total. The van der Waals surface area contributed by atoms with E-state index >= 15 is 0 Å². The topological polar surface area (TPSA) is 52.6 Å². The first-order chi connectivity index (χ1) is 13.9. The summed E-state index contributed by atoms with van der Waals surface area (Å²) in [5, 5.41) is 0.574. The molecule has 0 unspecified atom stereocenters. The number of Topliss-reactive ketones (excluding diaryl/α,β-unsaturated/α-hetero) is 1. The molecular weight excluding hydrogens is 411 g/mol. The van der Waals surface area contributed by atoms with Gasteiger partial charge in [-0.25, -0.2) is 4.79 Å². The molecule has 0 atom stereocenters. The average Bonchev–Trinajstić information content (AvgIpc) is 2.71. The second kappa shape index (κ2) is 9.12. The Morgan fingerprint density at radius 1 is 0.931 bits per heavy atom. The summed E-state index contributed by atoms with van der Waals surface area (Å²) in [7, 11) is 0. The van der Waals surface area contributed by atoms with E-state index < -0.39 is 5.97 Å². The Balaban J connectivity index is 1.89. The van der Waals surface area contributed by atoms with Crippen molar-refractivity contribution in [2.45, 2.75) is 20.5 Å². The van der Waals surface area contributed by atoms with Crippen molar-refractivity contribution in [3.05, 3.63) is 93.0 Å². The predicted octanol–water partition coefficient (Wildman–Crippen LogP) is 6.30. The van der Waals surface area contributed by atoms with E-state index in [0.717, 1.165) is 5.56 Å². The molecule has 0 fully saturated rings. The molecule has 0 N–H and O–H groups in total. The third-order valence-electron chi connectivity index (χ3n) is 4.32. The zero-order valence-corrected chi connectivity index (χ0v) is 17.4. The van der Waals surface area contributed by atoms with Gasteiger partial charge in [0, 0.05) is 5.56 Å². The number of carbonyl (C=O) groups is 2. The van der Waals surface area contributed by atoms with Gasteiger partial charge < -0.3 is 9.47 Å². The molecule has 3 aromatic rings. The first kappa shape index (κ1) is 20.9. The zero-order chi connectivity index (χ0) is 21.0. The van der Waals surface area contributed by atoms with Gasteiger partial charge in [-0.15, -0.1) is 0 Å². The lowest BCUT2D eigenvalue weighted by atomic mass is 10.1. The molecule has 0 aliphatic heterocycles. The summed E-state index contributed by atoms with van der Waals surface area (Å²) >= 11 is 11.9. The number of ether oxygens (including phenoxy) is 2. The highest BCUT2D eigenvalue weighted by Gasteiger charge is 2.20. The molecule has 148 valence electrons. The van der Waals surface area contributed by atoms with Crippen LogP contribution in [0.5, 0.6) is 11.5 Å². The van der Waals surface area contributed by atoms with Gasteiger partial charge in [-0.3, -0.25) is 4.79 Å². The summed E-state index contributed by atoms with van der Waals surface area (Å²) in [5.41, 5.74) is 2.07. The van der Waals surface area contributed by atoms with Crippen LogP contribution in [0.15, 0.2) is 60.7 Å². The van der Waals surface area contributed by atoms with Gasteiger partial charge in [-0.1, -0.05) is 53.5 Å². The summed E-state index contributed by atoms with van der Waals surface area (Å²) in [5.74, 6) is -0.177. The van der Waals surface area contributed by atoms with E-state index in [9.17, 15) is 9.59 Å². The summed E-state index contributed by atoms with van der Waals surface area (Å²) in [4.78, 5) is 24.7. The molecule has 0 saturated carbocycles. The molecule has 3 rings (SSSR count). The molecule has 0 amide bonds. The highest BCUT2D eigenvalue weighted by molar-refractivity contribution is 6.42. The van der Waals surface area contributed by atoms with Crippen molar-refractivity contribution in [2.24, 2.45) is 0 Å². The van der Waals surface area contributed by atoms with Crippen molar-refractivity contribution >= 4 is 35.0 Å². The smallest absolute Gasteiger partial charge is 0.343 e. The van der Waals surface area contributed by atoms with E-state index in [-0.39, 0.29) is 22.1 Å². The maximum atomic E-state index is 12.6. The van der Waals surface area contributed by atoms with Crippen LogP contribution in [-0.4, -0.2) is 11.8 Å². The number of hydrogen-bond acceptors (Lipinski definition) is 4. The molecular formula is C23H18Cl2O4. The van der Waals surface area contributed by atoms with Crippen LogP contribution >= 0.6 is 23.2 Å². The lowest BCUT2D eigenvalue weighted by Crippen LogP contribution is -2.13. The fourth-order valence-electron chi connectivity index (χ4n) is 2.75. The molecule has 0 radical (unpaired) electrons. The zero-order valence-electron chi connectivity index (χ0n) is 15.9. The summed E-state index contributed by atoms with van der Waals surface area (Å²) in [6.45, 7) is 3.50. The number of hydrogen-bond donors (Lipinski definition) is 0. The molecule has 29 heavy (non-hydrogen) atoms. The Morgan fingerprint density at radius 3 is 2.31 bits per heavy atom. The van der Waals surface area contributed by atoms with E-state index in [1.54, 1.807) is 19.1 Å². The predicted molar refractivity (Wildman–Crippen MR) is 113 cm³/mol. The standard InChI is InChI=1S/C23H18Cl2O4/c1-14-21(28-13-16-6-4-3-5-7-16)11-9-18(15(2)26)22(14)29-23(27)17-8-10-19(24)20(25)12-17/h3-12H,13H2,1-2H3. The number of halogens is 2. The van der Waals surface area contributed by atoms with E-state index in [0.29, 0.717) is 28.5 Å². The molecule has 0 spiro atoms. The minimum atomic E-state index is -0.644. The van der Waals surface area contributed by atoms with Crippen LogP contribution in [0.4, 0.5) is 0 Å². The van der Waals surface area contributed by atoms with Gasteiger partial charge in [0.05, 0.1) is 21.2 Å². The fraction of sp³-hybridized carbons (Fsp3) is 0.130. The maximum Gasteiger partial charge on any atom is 0.343 e. The van der Waals surface area contributed by atoms with E-state index in [1.807, 2.05) is 30.3 Å². The van der Waals surface area contributed by atoms with E-state index in [1.165, 1.54) is 25.1 Å². The minimum absolute atomic E-state index is 0.166. The fourth-order valence-corrected chi connectivity index (χ4v) is 3.05. The van der Waals surface area contributed by atoms with Crippen LogP contribution in [0.25, 0.3) is 0 Å². The third kappa shape index (κ3) is 4.97. The second-order valence-electron chi connectivity index (χ2n) is 6.41. The Labute approximate surface area is 179 Å². The van der Waals surface area contributed by atoms with Gasteiger partial charge in [0.2, 0.25) is 0 Å². The molecule has 0 aliphatic rings. The van der Waals surface area contributed by atoms with Gasteiger partial charge >= 0.3 is 5.97 Å². The van der Waals surface area contributed by atoms with Crippen LogP contribution in [0.2, 0.25) is 10.0 Å². The summed E-state index contributed by atoms with van der Waals surface area (Å²) in [6, 6.07) is 17.4. The first-order valence-corrected chi connectivity index (χ1v) is 9.61. The number of rotatable bonds is 6. The van der Waals surface area contributed by atoms with Gasteiger partial charge in [-0.2, -0.15) is 0 Å². The number of carbonyl (C=O) groups excluding carboxylic acids is 2. The Hall–Kier alpha value is -2.82. The normalized spacial score (nSPS) is 10.5. The maximum absolute atomic E-state index is 12.6. The van der Waals surface area contributed by atoms with Crippen molar-refractivity contribution in [3.63, 3.8) is 0 Å². The lowest BCUT2D eigenvalue weighted by Gasteiger charge is -2.16. The van der Waals surface area contributed by atoms with Gasteiger partial charge in [0.15, 0.2) is 5.78 Å². The average molecular weight is 429 g/mol. The molecule has 0 aliphatic carbocycles. The van der Waals surface area contributed by atoms with Gasteiger partial charge in [0.1, 0.15) is 18.1 Å². The van der Waals surface area contributed by atoms with Crippen LogP contribution in [-0.2, 0) is 6.61 Å². The van der Waals surface area contributed by atoms with Crippen LogP contribution in [0.3, 0.4) is 0 Å². The van der Waals surface area contributed by atoms with Gasteiger partial charge in [-0.05, 0) is 49.7 Å². The molecule has 0 aromatic heterocycles. The van der Waals surface area contributed by atoms with Crippen molar-refractivity contribution in [2.75, 3.05) is 0 Å².